The third-order valence-electron chi connectivity index (χ3n) is 14.7. The number of aromatic nitrogens is 4. The van der Waals surface area contributed by atoms with Crippen molar-refractivity contribution in [3.63, 3.8) is 0 Å². The number of rotatable bonds is 11. The second-order valence-corrected chi connectivity index (χ2v) is 27.6. The van der Waals surface area contributed by atoms with Crippen molar-refractivity contribution in [2.24, 2.45) is 0 Å². The molecule has 0 spiro atoms. The Morgan fingerprint density at radius 2 is 0.616 bits per heavy atom. The summed E-state index contributed by atoms with van der Waals surface area (Å²) in [6, 6.07) is 101. The molecule has 12 rings (SSSR count). The fourth-order valence-corrected chi connectivity index (χ4v) is 21.1. The Hall–Kier alpha value is -8.56. The molecule has 0 unspecified atom stereocenters. The maximum atomic E-state index is 5.68. The topological polar surface area (TPSA) is 43.6 Å². The van der Waals surface area contributed by atoms with Crippen LogP contribution in [0.2, 0.25) is 0 Å². The Morgan fingerprint density at radius 1 is 0.301 bits per heavy atom. The smallest absolute Gasteiger partial charge is 0.238 e. The molecule has 0 atom stereocenters. The number of hydrogen-bond donors (Lipinski definition) is 0. The Kier molecular flexibility index (Phi) is 11.8. The highest BCUT2D eigenvalue weighted by Crippen LogP contribution is 2.33. The molecule has 12 aromatic rings. The van der Waals surface area contributed by atoms with Gasteiger partial charge in [-0.25, -0.2) is 4.98 Å². The van der Waals surface area contributed by atoms with Crippen LogP contribution >= 0.6 is 0 Å². The molecule has 0 aliphatic carbocycles. The summed E-state index contributed by atoms with van der Waals surface area (Å²) in [7, 11) is -6.34. The molecule has 0 amide bonds. The molecule has 0 aliphatic heterocycles. The highest BCUT2D eigenvalue weighted by atomic mass is 28.3. The highest BCUT2D eigenvalue weighted by molar-refractivity contribution is 7.22. The van der Waals surface area contributed by atoms with Crippen molar-refractivity contribution < 1.29 is 0 Å². The van der Waals surface area contributed by atoms with Crippen LogP contribution in [0.1, 0.15) is 26.3 Å². The Balaban J connectivity index is 1.26. The Morgan fingerprint density at radius 3 is 0.959 bits per heavy atom. The molecule has 0 aliphatic rings. The average Bonchev–Trinajstić information content (AvgIpc) is 3.79. The second kappa shape index (κ2) is 18.9. The van der Waals surface area contributed by atoms with Gasteiger partial charge in [0.1, 0.15) is 0 Å². The van der Waals surface area contributed by atoms with E-state index in [2.05, 4.69) is 298 Å². The lowest BCUT2D eigenvalue weighted by Gasteiger charge is -2.38. The standard InChI is InChI=1S/C67H54N4Si2/c1-67(2,3)51-44-42-49(43-45-51)64-68-65(70-66(69-64)71-62-40-24-22-38-60(62)61-39-23-25-41-63(61)71)50-46-58(72(52-26-10-4-11-27-52,53-28-12-5-13-29-53)54-30-14-6-15-31-54)48-59(47-50)73(55-32-16-7-17-33-55,56-34-18-8-19-35-56)57-36-20-9-21-37-57/h4-48H,1-3H3. The van der Waals surface area contributed by atoms with Crippen LogP contribution in [0.15, 0.2) is 273 Å². The first-order valence-electron chi connectivity index (χ1n) is 25.2. The SMILES string of the molecule is CC(C)(C)c1ccc(-c2nc(-c3cc([Si](c4ccccc4)(c4ccccc4)c4ccccc4)cc([Si](c4ccccc4)(c4ccccc4)c4ccccc4)c3)nc(-n3c4ccccc4c4ccccc43)n2)cc1. The summed E-state index contributed by atoms with van der Waals surface area (Å²) in [5, 5.41) is 12.6. The first-order chi connectivity index (χ1) is 35.8. The zero-order chi connectivity index (χ0) is 49.4. The van der Waals surface area contributed by atoms with Crippen LogP contribution in [0, 0.1) is 0 Å². The van der Waals surface area contributed by atoms with Gasteiger partial charge in [0.2, 0.25) is 5.95 Å². The monoisotopic (exact) mass is 970 g/mol. The molecule has 10 aromatic carbocycles. The van der Waals surface area contributed by atoms with Crippen LogP contribution in [0.5, 0.6) is 0 Å². The van der Waals surface area contributed by atoms with Crippen molar-refractivity contribution in [3.05, 3.63) is 279 Å². The van der Waals surface area contributed by atoms with Crippen molar-refractivity contribution in [2.45, 2.75) is 26.2 Å². The molecule has 2 heterocycles. The first-order valence-corrected chi connectivity index (χ1v) is 29.2. The van der Waals surface area contributed by atoms with Crippen molar-refractivity contribution in [1.29, 1.82) is 0 Å². The van der Waals surface area contributed by atoms with Crippen LogP contribution in [0.3, 0.4) is 0 Å². The highest BCUT2D eigenvalue weighted by Gasteiger charge is 2.46. The van der Waals surface area contributed by atoms with E-state index in [4.69, 9.17) is 15.0 Å². The molecule has 4 nitrogen and oxygen atoms in total. The lowest BCUT2D eigenvalue weighted by molar-refractivity contribution is 0.590. The summed E-state index contributed by atoms with van der Waals surface area (Å²) in [6.07, 6.45) is 0. The Bertz CT molecular complexity index is 3470. The van der Waals surface area contributed by atoms with Gasteiger partial charge in [-0.3, -0.25) is 4.57 Å². The summed E-state index contributed by atoms with van der Waals surface area (Å²) in [5.41, 5.74) is 5.17. The zero-order valence-electron chi connectivity index (χ0n) is 41.3. The number of nitrogens with zero attached hydrogens (tertiary/aromatic N) is 4. The number of benzene rings is 10. The first kappa shape index (κ1) is 45.6. The molecule has 0 saturated carbocycles. The lowest BCUT2D eigenvalue weighted by Crippen LogP contribution is -2.78. The molecule has 6 heteroatoms. The summed E-state index contributed by atoms with van der Waals surface area (Å²) in [6.45, 7) is 6.75. The molecule has 350 valence electrons. The zero-order valence-corrected chi connectivity index (χ0v) is 43.3. The fourth-order valence-electron chi connectivity index (χ4n) is 11.3. The predicted octanol–water partition coefficient (Wildman–Crippen LogP) is 10.4. The molecule has 0 radical (unpaired) electrons. The van der Waals surface area contributed by atoms with E-state index in [-0.39, 0.29) is 5.41 Å². The van der Waals surface area contributed by atoms with E-state index in [1.807, 2.05) is 0 Å². The minimum atomic E-state index is -3.17. The van der Waals surface area contributed by atoms with Gasteiger partial charge >= 0.3 is 0 Å². The number of fused-ring (bicyclic) bond motifs is 3. The van der Waals surface area contributed by atoms with Gasteiger partial charge in [-0.2, -0.15) is 9.97 Å². The fraction of sp³-hybridized carbons (Fsp3) is 0.0597. The normalized spacial score (nSPS) is 12.0. The van der Waals surface area contributed by atoms with Crippen LogP contribution in [0.25, 0.3) is 50.5 Å². The van der Waals surface area contributed by atoms with E-state index in [0.29, 0.717) is 17.6 Å². The van der Waals surface area contributed by atoms with E-state index in [1.165, 1.54) is 47.1 Å². The molecule has 0 fully saturated rings. The van der Waals surface area contributed by atoms with Gasteiger partial charge in [-0.1, -0.05) is 282 Å². The van der Waals surface area contributed by atoms with Gasteiger partial charge in [0.15, 0.2) is 27.8 Å². The average molecular weight is 971 g/mol. The van der Waals surface area contributed by atoms with Gasteiger partial charge in [0.05, 0.1) is 11.0 Å². The van der Waals surface area contributed by atoms with Crippen molar-refractivity contribution in [3.8, 4) is 28.7 Å². The van der Waals surface area contributed by atoms with Gasteiger partial charge < -0.3 is 0 Å². The Labute approximate surface area is 430 Å². The summed E-state index contributed by atoms with van der Waals surface area (Å²) in [4.78, 5) is 16.7. The maximum absolute atomic E-state index is 5.68. The van der Waals surface area contributed by atoms with E-state index >= 15 is 0 Å². The van der Waals surface area contributed by atoms with E-state index < -0.39 is 16.1 Å². The molecule has 2 aromatic heterocycles. The van der Waals surface area contributed by atoms with Crippen molar-refractivity contribution >= 4 is 79.4 Å². The number of para-hydroxylation sites is 2. The van der Waals surface area contributed by atoms with E-state index in [1.54, 1.807) is 0 Å². The summed E-state index contributed by atoms with van der Waals surface area (Å²) >= 11 is 0. The minimum absolute atomic E-state index is 0.0208. The largest absolute Gasteiger partial charge is 0.278 e. The minimum Gasteiger partial charge on any atom is -0.278 e. The summed E-state index contributed by atoms with van der Waals surface area (Å²) < 4.78 is 2.22. The van der Waals surface area contributed by atoms with Crippen molar-refractivity contribution in [2.75, 3.05) is 0 Å². The molecular weight excluding hydrogens is 917 g/mol. The van der Waals surface area contributed by atoms with Gasteiger partial charge in [0.25, 0.3) is 0 Å². The van der Waals surface area contributed by atoms with Crippen molar-refractivity contribution in [1.82, 2.24) is 19.5 Å². The summed E-state index contributed by atoms with van der Waals surface area (Å²) in [5.74, 6) is 1.79. The van der Waals surface area contributed by atoms with Crippen LogP contribution in [0.4, 0.5) is 0 Å². The van der Waals surface area contributed by atoms with E-state index in [9.17, 15) is 0 Å². The van der Waals surface area contributed by atoms with Gasteiger partial charge in [-0.05, 0) is 64.6 Å². The molecule has 73 heavy (non-hydrogen) atoms. The third-order valence-corrected chi connectivity index (χ3v) is 24.2. The van der Waals surface area contributed by atoms with Crippen LogP contribution in [-0.2, 0) is 5.41 Å². The van der Waals surface area contributed by atoms with Gasteiger partial charge in [-0.15, -0.1) is 0 Å². The molecule has 0 saturated heterocycles. The van der Waals surface area contributed by atoms with Gasteiger partial charge in [0, 0.05) is 21.9 Å². The maximum Gasteiger partial charge on any atom is 0.238 e. The van der Waals surface area contributed by atoms with Crippen LogP contribution < -0.4 is 41.5 Å². The quantitative estimate of drug-likeness (QED) is 0.0958. The lowest BCUT2D eigenvalue weighted by atomic mass is 9.87. The van der Waals surface area contributed by atoms with E-state index in [0.717, 1.165) is 32.9 Å². The predicted molar refractivity (Wildman–Crippen MR) is 311 cm³/mol. The molecule has 0 bridgehead atoms. The van der Waals surface area contributed by atoms with Crippen LogP contribution in [-0.4, -0.2) is 35.7 Å². The third kappa shape index (κ3) is 7.96. The molecule has 0 N–H and O–H groups in total. The molecular formula is C67H54N4Si2. The second-order valence-electron chi connectivity index (χ2n) is 20.0. The number of hydrogen-bond acceptors (Lipinski definition) is 3.